The number of nitrogens with one attached hydrogen (secondary N) is 1. The Balaban J connectivity index is 1.61. The van der Waals surface area contributed by atoms with E-state index >= 15 is 0 Å². The predicted octanol–water partition coefficient (Wildman–Crippen LogP) is 2.76. The standard InChI is InChI=1S/C19H25N3O2/c1-21-16-12-13(18(23)20-14-6-2-3-7-14)9-10-15(16)19(24)22-11-5-4-8-17(21)22/h9-10,12,14,17H,2-8,11H2,1H3,(H,20,23). The topological polar surface area (TPSA) is 52.7 Å². The molecular weight excluding hydrogens is 302 g/mol. The maximum absolute atomic E-state index is 12.8. The van der Waals surface area contributed by atoms with Crippen LogP contribution >= 0.6 is 0 Å². The summed E-state index contributed by atoms with van der Waals surface area (Å²) < 4.78 is 0. The van der Waals surface area contributed by atoms with Crippen LogP contribution in [0.5, 0.6) is 0 Å². The van der Waals surface area contributed by atoms with Crippen LogP contribution < -0.4 is 10.2 Å². The van der Waals surface area contributed by atoms with Gasteiger partial charge in [0.2, 0.25) is 0 Å². The van der Waals surface area contributed by atoms with Crippen LogP contribution in [-0.2, 0) is 0 Å². The quantitative estimate of drug-likeness (QED) is 0.909. The number of hydrogen-bond acceptors (Lipinski definition) is 3. The summed E-state index contributed by atoms with van der Waals surface area (Å²) in [6, 6.07) is 5.81. The van der Waals surface area contributed by atoms with Crippen molar-refractivity contribution < 1.29 is 9.59 Å². The van der Waals surface area contributed by atoms with Gasteiger partial charge in [0.15, 0.2) is 0 Å². The molecule has 24 heavy (non-hydrogen) atoms. The molecule has 1 saturated heterocycles. The van der Waals surface area contributed by atoms with Crippen molar-refractivity contribution in [3.8, 4) is 0 Å². The number of carbonyl (C=O) groups is 2. The fourth-order valence-corrected chi connectivity index (χ4v) is 4.35. The van der Waals surface area contributed by atoms with Crippen LogP contribution in [-0.4, -0.2) is 42.5 Å². The van der Waals surface area contributed by atoms with E-state index in [0.717, 1.165) is 44.3 Å². The van der Waals surface area contributed by atoms with E-state index in [9.17, 15) is 9.59 Å². The number of nitrogens with zero attached hydrogens (tertiary/aromatic N) is 2. The molecule has 4 rings (SSSR count). The lowest BCUT2D eigenvalue weighted by Crippen LogP contribution is -2.55. The lowest BCUT2D eigenvalue weighted by molar-refractivity contribution is 0.0589. The first-order chi connectivity index (χ1) is 11.6. The maximum Gasteiger partial charge on any atom is 0.257 e. The minimum Gasteiger partial charge on any atom is -0.354 e. The molecule has 0 aromatic heterocycles. The number of anilines is 1. The molecule has 0 radical (unpaired) electrons. The van der Waals surface area contributed by atoms with Crippen molar-refractivity contribution >= 4 is 17.5 Å². The predicted molar refractivity (Wildman–Crippen MR) is 93.2 cm³/mol. The SMILES string of the molecule is CN1c2cc(C(=O)NC3CCCC3)ccc2C(=O)N2CCCCC21. The van der Waals surface area contributed by atoms with Gasteiger partial charge in [-0.15, -0.1) is 0 Å². The molecule has 3 aliphatic rings. The van der Waals surface area contributed by atoms with Gasteiger partial charge >= 0.3 is 0 Å². The normalized spacial score (nSPS) is 23.9. The molecule has 2 amide bonds. The minimum absolute atomic E-state index is 0.0170. The van der Waals surface area contributed by atoms with Gasteiger partial charge in [0, 0.05) is 25.2 Å². The third-order valence-corrected chi connectivity index (χ3v) is 5.74. The third-order valence-electron chi connectivity index (χ3n) is 5.74. The number of amides is 2. The fraction of sp³-hybridized carbons (Fsp3) is 0.579. The van der Waals surface area contributed by atoms with E-state index in [1.165, 1.54) is 12.8 Å². The zero-order valence-corrected chi connectivity index (χ0v) is 14.3. The minimum atomic E-state index is -0.0170. The molecule has 1 N–H and O–H groups in total. The van der Waals surface area contributed by atoms with Crippen LogP contribution in [0.3, 0.4) is 0 Å². The van der Waals surface area contributed by atoms with Crippen molar-refractivity contribution in [2.45, 2.75) is 57.2 Å². The Labute approximate surface area is 143 Å². The van der Waals surface area contributed by atoms with Gasteiger partial charge in [0.1, 0.15) is 6.17 Å². The summed E-state index contributed by atoms with van der Waals surface area (Å²) in [5.74, 6) is 0.0900. The smallest absolute Gasteiger partial charge is 0.257 e. The Bertz CT molecular complexity index is 667. The summed E-state index contributed by atoms with van der Waals surface area (Å²) in [4.78, 5) is 29.4. The fourth-order valence-electron chi connectivity index (χ4n) is 4.35. The molecule has 1 saturated carbocycles. The number of piperidine rings is 1. The van der Waals surface area contributed by atoms with Crippen molar-refractivity contribution in [1.82, 2.24) is 10.2 Å². The molecule has 1 atom stereocenters. The van der Waals surface area contributed by atoms with Crippen LogP contribution in [0.15, 0.2) is 18.2 Å². The van der Waals surface area contributed by atoms with E-state index in [2.05, 4.69) is 10.2 Å². The highest BCUT2D eigenvalue weighted by molar-refractivity contribution is 6.04. The van der Waals surface area contributed by atoms with Gasteiger partial charge in [-0.2, -0.15) is 0 Å². The van der Waals surface area contributed by atoms with E-state index in [0.29, 0.717) is 17.2 Å². The number of fused-ring (bicyclic) bond motifs is 2. The maximum atomic E-state index is 12.8. The van der Waals surface area contributed by atoms with Gasteiger partial charge in [-0.25, -0.2) is 0 Å². The average Bonchev–Trinajstić information content (AvgIpc) is 3.12. The Kier molecular flexibility index (Phi) is 3.94. The second-order valence-corrected chi connectivity index (χ2v) is 7.27. The highest BCUT2D eigenvalue weighted by Gasteiger charge is 2.37. The number of carbonyl (C=O) groups excluding carboxylic acids is 2. The van der Waals surface area contributed by atoms with Crippen LogP contribution in [0, 0.1) is 0 Å². The Hall–Kier alpha value is -2.04. The third kappa shape index (κ3) is 2.56. The first kappa shape index (κ1) is 15.5. The summed E-state index contributed by atoms with van der Waals surface area (Å²) >= 11 is 0. The van der Waals surface area contributed by atoms with Crippen molar-refractivity contribution in [2.24, 2.45) is 0 Å². The van der Waals surface area contributed by atoms with Gasteiger partial charge in [-0.05, 0) is 50.3 Å². The van der Waals surface area contributed by atoms with E-state index < -0.39 is 0 Å². The van der Waals surface area contributed by atoms with Crippen molar-refractivity contribution in [2.75, 3.05) is 18.5 Å². The van der Waals surface area contributed by atoms with Crippen molar-refractivity contribution in [3.63, 3.8) is 0 Å². The summed E-state index contributed by atoms with van der Waals surface area (Å²) in [7, 11) is 2.03. The van der Waals surface area contributed by atoms with Crippen LogP contribution in [0.2, 0.25) is 0 Å². The van der Waals surface area contributed by atoms with Crippen molar-refractivity contribution in [3.05, 3.63) is 29.3 Å². The van der Waals surface area contributed by atoms with Crippen LogP contribution in [0.25, 0.3) is 0 Å². The van der Waals surface area contributed by atoms with Gasteiger partial charge < -0.3 is 15.1 Å². The second kappa shape index (κ2) is 6.11. The largest absolute Gasteiger partial charge is 0.354 e. The molecule has 128 valence electrons. The first-order valence-corrected chi connectivity index (χ1v) is 9.14. The van der Waals surface area contributed by atoms with Gasteiger partial charge in [-0.3, -0.25) is 9.59 Å². The molecule has 1 aromatic rings. The summed E-state index contributed by atoms with van der Waals surface area (Å²) in [5, 5.41) is 3.13. The Morgan fingerprint density at radius 3 is 2.67 bits per heavy atom. The van der Waals surface area contributed by atoms with E-state index in [1.54, 1.807) is 6.07 Å². The summed E-state index contributed by atoms with van der Waals surface area (Å²) in [5.41, 5.74) is 2.26. The molecule has 1 aliphatic carbocycles. The average molecular weight is 327 g/mol. The van der Waals surface area contributed by atoms with Gasteiger partial charge in [0.25, 0.3) is 11.8 Å². The molecule has 5 heteroatoms. The molecule has 5 nitrogen and oxygen atoms in total. The number of benzene rings is 1. The molecule has 2 fully saturated rings. The summed E-state index contributed by atoms with van der Waals surface area (Å²) in [6.45, 7) is 0.831. The van der Waals surface area contributed by atoms with Gasteiger partial charge in [0.05, 0.1) is 11.3 Å². The summed E-state index contributed by atoms with van der Waals surface area (Å²) in [6.07, 6.45) is 7.90. The van der Waals surface area contributed by atoms with E-state index in [4.69, 9.17) is 0 Å². The Morgan fingerprint density at radius 2 is 1.88 bits per heavy atom. The van der Waals surface area contributed by atoms with E-state index in [1.807, 2.05) is 24.1 Å². The zero-order chi connectivity index (χ0) is 16.7. The highest BCUT2D eigenvalue weighted by Crippen LogP contribution is 2.34. The Morgan fingerprint density at radius 1 is 1.12 bits per heavy atom. The van der Waals surface area contributed by atoms with Crippen LogP contribution in [0.1, 0.15) is 65.7 Å². The lowest BCUT2D eigenvalue weighted by atomic mass is 9.97. The monoisotopic (exact) mass is 327 g/mol. The van der Waals surface area contributed by atoms with Crippen LogP contribution in [0.4, 0.5) is 5.69 Å². The highest BCUT2D eigenvalue weighted by atomic mass is 16.2. The number of hydrogen-bond donors (Lipinski definition) is 1. The molecule has 1 unspecified atom stereocenters. The lowest BCUT2D eigenvalue weighted by Gasteiger charge is -2.46. The number of rotatable bonds is 2. The molecule has 0 spiro atoms. The molecular formula is C19H25N3O2. The molecule has 0 bridgehead atoms. The van der Waals surface area contributed by atoms with Gasteiger partial charge in [-0.1, -0.05) is 12.8 Å². The second-order valence-electron chi connectivity index (χ2n) is 7.27. The molecule has 2 aliphatic heterocycles. The van der Waals surface area contributed by atoms with Crippen molar-refractivity contribution in [1.29, 1.82) is 0 Å². The molecule has 2 heterocycles. The first-order valence-electron chi connectivity index (χ1n) is 9.14. The molecule has 1 aromatic carbocycles. The van der Waals surface area contributed by atoms with E-state index in [-0.39, 0.29) is 18.0 Å². The zero-order valence-electron chi connectivity index (χ0n) is 14.3.